The van der Waals surface area contributed by atoms with E-state index in [2.05, 4.69) is 72.1 Å². The van der Waals surface area contributed by atoms with Gasteiger partial charge in [-0.1, -0.05) is 18.2 Å². The van der Waals surface area contributed by atoms with Crippen molar-refractivity contribution in [2.24, 2.45) is 4.99 Å². The maximum Gasteiger partial charge on any atom is 0.222 e. The van der Waals surface area contributed by atoms with Gasteiger partial charge in [0.15, 0.2) is 5.96 Å². The molecule has 1 aromatic carbocycles. The van der Waals surface area contributed by atoms with Crippen LogP contribution < -0.4 is 10.2 Å². The van der Waals surface area contributed by atoms with E-state index in [4.69, 9.17) is 0 Å². The van der Waals surface area contributed by atoms with Crippen LogP contribution in [-0.2, 0) is 4.79 Å². The first-order valence-corrected chi connectivity index (χ1v) is 12.0. The zero-order chi connectivity index (χ0) is 22.4. The minimum absolute atomic E-state index is 0. The van der Waals surface area contributed by atoms with E-state index in [1.54, 1.807) is 0 Å². The van der Waals surface area contributed by atoms with Crippen molar-refractivity contribution < 1.29 is 4.79 Å². The number of aliphatic imine (C=N–C) groups is 1. The van der Waals surface area contributed by atoms with Gasteiger partial charge in [0.1, 0.15) is 0 Å². The third-order valence-electron chi connectivity index (χ3n) is 6.66. The standard InChI is InChI=1S/C25H41N5O.HI/c1-19(2)29(20(3)4)16-9-14-27-25(26-5)30-18-21(22-10-6-7-11-23(22)30)13-17-28-15-8-12-24(28)31;/h6-7,10-11,19-21H,8-9,12-18H2,1-5H3,(H,26,27);1H. The molecule has 32 heavy (non-hydrogen) atoms. The summed E-state index contributed by atoms with van der Waals surface area (Å²) in [6.07, 6.45) is 3.82. The van der Waals surface area contributed by atoms with Crippen molar-refractivity contribution in [1.29, 1.82) is 0 Å². The SMILES string of the molecule is CN=C(NCCCN(C(C)C)C(C)C)N1CC(CCN2CCCC2=O)c2ccccc21.I. The number of carbonyl (C=O) groups is 1. The fourth-order valence-electron chi connectivity index (χ4n) is 5.06. The third-order valence-corrected chi connectivity index (χ3v) is 6.66. The molecule has 1 unspecified atom stereocenters. The number of fused-ring (bicyclic) bond motifs is 1. The molecule has 1 saturated heterocycles. The van der Waals surface area contributed by atoms with Gasteiger partial charge in [-0.05, 0) is 58.6 Å². The van der Waals surface area contributed by atoms with E-state index in [0.717, 1.165) is 64.4 Å². The van der Waals surface area contributed by atoms with Crippen molar-refractivity contribution >= 4 is 41.5 Å². The highest BCUT2D eigenvalue weighted by atomic mass is 127. The van der Waals surface area contributed by atoms with Crippen LogP contribution in [0.15, 0.2) is 29.3 Å². The zero-order valence-electron chi connectivity index (χ0n) is 20.5. The minimum atomic E-state index is 0. The Kier molecular flexibility index (Phi) is 10.7. The second-order valence-corrected chi connectivity index (χ2v) is 9.39. The lowest BCUT2D eigenvalue weighted by Crippen LogP contribution is -2.43. The van der Waals surface area contributed by atoms with Crippen LogP contribution in [-0.4, -0.2) is 73.5 Å². The Balaban J connectivity index is 0.00000363. The van der Waals surface area contributed by atoms with Gasteiger partial charge in [-0.15, -0.1) is 24.0 Å². The molecule has 0 bridgehead atoms. The lowest BCUT2D eigenvalue weighted by atomic mass is 9.98. The number of guanidine groups is 1. The topological polar surface area (TPSA) is 51.2 Å². The van der Waals surface area contributed by atoms with Gasteiger partial charge in [0, 0.05) is 69.9 Å². The number of likely N-dealkylation sites (tertiary alicyclic amines) is 1. The first kappa shape index (κ1) is 26.9. The molecular formula is C25H42IN5O. The molecule has 0 spiro atoms. The van der Waals surface area contributed by atoms with Gasteiger partial charge in [0.25, 0.3) is 0 Å². The summed E-state index contributed by atoms with van der Waals surface area (Å²) in [6.45, 7) is 13.8. The second kappa shape index (κ2) is 12.8. The average Bonchev–Trinajstić information content (AvgIpc) is 3.32. The number of carbonyl (C=O) groups excluding carboxylic acids is 1. The summed E-state index contributed by atoms with van der Waals surface area (Å²) < 4.78 is 0. The Morgan fingerprint density at radius 2 is 1.94 bits per heavy atom. The summed E-state index contributed by atoms with van der Waals surface area (Å²) in [6, 6.07) is 9.79. The molecule has 1 aromatic rings. The summed E-state index contributed by atoms with van der Waals surface area (Å²) in [4.78, 5) is 23.5. The van der Waals surface area contributed by atoms with E-state index < -0.39 is 0 Å². The zero-order valence-corrected chi connectivity index (χ0v) is 22.8. The quantitative estimate of drug-likeness (QED) is 0.214. The molecule has 0 saturated carbocycles. The summed E-state index contributed by atoms with van der Waals surface area (Å²) >= 11 is 0. The van der Waals surface area contributed by atoms with E-state index in [0.29, 0.717) is 23.9 Å². The van der Waals surface area contributed by atoms with E-state index >= 15 is 0 Å². The van der Waals surface area contributed by atoms with E-state index in [1.165, 1.54) is 11.3 Å². The fourth-order valence-corrected chi connectivity index (χ4v) is 5.06. The van der Waals surface area contributed by atoms with Crippen molar-refractivity contribution in [2.75, 3.05) is 44.7 Å². The number of hydrogen-bond donors (Lipinski definition) is 1. The van der Waals surface area contributed by atoms with Crippen molar-refractivity contribution in [3.63, 3.8) is 0 Å². The average molecular weight is 556 g/mol. The van der Waals surface area contributed by atoms with Crippen LogP contribution in [0.2, 0.25) is 0 Å². The number of nitrogens with zero attached hydrogens (tertiary/aromatic N) is 4. The maximum absolute atomic E-state index is 12.0. The molecule has 3 rings (SSSR count). The molecule has 7 heteroatoms. The molecule has 180 valence electrons. The van der Waals surface area contributed by atoms with Crippen LogP contribution in [0.1, 0.15) is 64.9 Å². The molecule has 0 aromatic heterocycles. The largest absolute Gasteiger partial charge is 0.356 e. The monoisotopic (exact) mass is 555 g/mol. The van der Waals surface area contributed by atoms with Gasteiger partial charge in [0.05, 0.1) is 0 Å². The smallest absolute Gasteiger partial charge is 0.222 e. The van der Waals surface area contributed by atoms with Crippen LogP contribution in [0.25, 0.3) is 0 Å². The summed E-state index contributed by atoms with van der Waals surface area (Å²) in [5.74, 6) is 1.70. The Morgan fingerprint density at radius 3 is 2.56 bits per heavy atom. The number of nitrogens with one attached hydrogen (secondary N) is 1. The predicted octanol–water partition coefficient (Wildman–Crippen LogP) is 4.31. The number of rotatable bonds is 9. The van der Waals surface area contributed by atoms with Crippen LogP contribution >= 0.6 is 24.0 Å². The van der Waals surface area contributed by atoms with Crippen molar-refractivity contribution in [2.45, 2.75) is 71.4 Å². The van der Waals surface area contributed by atoms with Crippen LogP contribution in [0.5, 0.6) is 0 Å². The minimum Gasteiger partial charge on any atom is -0.356 e. The number of anilines is 1. The summed E-state index contributed by atoms with van der Waals surface area (Å²) in [5.41, 5.74) is 2.63. The maximum atomic E-state index is 12.0. The molecule has 0 aliphatic carbocycles. The highest BCUT2D eigenvalue weighted by molar-refractivity contribution is 14.0. The van der Waals surface area contributed by atoms with Crippen LogP contribution in [0, 0.1) is 0 Å². The Hall–Kier alpha value is -1.35. The molecule has 1 N–H and O–H groups in total. The lowest BCUT2D eigenvalue weighted by molar-refractivity contribution is -0.127. The van der Waals surface area contributed by atoms with E-state index in [9.17, 15) is 4.79 Å². The molecule has 2 aliphatic heterocycles. The normalized spacial score (nSPS) is 18.7. The van der Waals surface area contributed by atoms with E-state index in [-0.39, 0.29) is 24.0 Å². The van der Waals surface area contributed by atoms with Crippen LogP contribution in [0.3, 0.4) is 0 Å². The third kappa shape index (κ3) is 6.59. The highest BCUT2D eigenvalue weighted by Gasteiger charge is 2.32. The molecule has 1 amide bonds. The molecular weight excluding hydrogens is 513 g/mol. The molecule has 6 nitrogen and oxygen atoms in total. The van der Waals surface area contributed by atoms with Crippen LogP contribution in [0.4, 0.5) is 5.69 Å². The van der Waals surface area contributed by atoms with Gasteiger partial charge < -0.3 is 15.1 Å². The highest BCUT2D eigenvalue weighted by Crippen LogP contribution is 2.38. The van der Waals surface area contributed by atoms with Crippen molar-refractivity contribution in [3.05, 3.63) is 29.8 Å². The Morgan fingerprint density at radius 1 is 1.22 bits per heavy atom. The number of para-hydroxylation sites is 1. The molecule has 2 aliphatic rings. The van der Waals surface area contributed by atoms with Gasteiger partial charge >= 0.3 is 0 Å². The molecule has 0 radical (unpaired) electrons. The van der Waals surface area contributed by atoms with Crippen molar-refractivity contribution in [3.8, 4) is 0 Å². The number of amides is 1. The lowest BCUT2D eigenvalue weighted by Gasteiger charge is -2.30. The molecule has 2 heterocycles. The fraction of sp³-hybridized carbons (Fsp3) is 0.680. The first-order chi connectivity index (χ1) is 14.9. The first-order valence-electron chi connectivity index (χ1n) is 12.0. The molecule has 1 atom stereocenters. The van der Waals surface area contributed by atoms with E-state index in [1.807, 2.05) is 11.9 Å². The molecule has 1 fully saturated rings. The second-order valence-electron chi connectivity index (χ2n) is 9.39. The number of hydrogen-bond acceptors (Lipinski definition) is 3. The van der Waals surface area contributed by atoms with Gasteiger partial charge in [-0.2, -0.15) is 0 Å². The van der Waals surface area contributed by atoms with Gasteiger partial charge in [-0.25, -0.2) is 0 Å². The Labute approximate surface area is 211 Å². The van der Waals surface area contributed by atoms with Crippen molar-refractivity contribution in [1.82, 2.24) is 15.1 Å². The number of benzene rings is 1. The van der Waals surface area contributed by atoms with Gasteiger partial charge in [-0.3, -0.25) is 14.7 Å². The Bertz CT molecular complexity index is 758. The van der Waals surface area contributed by atoms with Gasteiger partial charge in [0.2, 0.25) is 5.91 Å². The summed E-state index contributed by atoms with van der Waals surface area (Å²) in [5, 5.41) is 3.60. The summed E-state index contributed by atoms with van der Waals surface area (Å²) in [7, 11) is 1.87. The number of halogens is 1. The predicted molar refractivity (Wildman–Crippen MR) is 145 cm³/mol.